The third-order valence-electron chi connectivity index (χ3n) is 2.76. The zero-order valence-corrected chi connectivity index (χ0v) is 14.2. The quantitative estimate of drug-likeness (QED) is 0.788. The van der Waals surface area contributed by atoms with E-state index in [1.807, 2.05) is 45.0 Å². The number of hydrogen-bond donors (Lipinski definition) is 2. The van der Waals surface area contributed by atoms with Gasteiger partial charge in [0.15, 0.2) is 0 Å². The Labute approximate surface area is 134 Å². The lowest BCUT2D eigenvalue weighted by Crippen LogP contribution is -2.42. The lowest BCUT2D eigenvalue weighted by molar-refractivity contribution is -0.123. The smallest absolute Gasteiger partial charge is 0.238 e. The summed E-state index contributed by atoms with van der Waals surface area (Å²) < 4.78 is 0.959. The van der Waals surface area contributed by atoms with Crippen molar-refractivity contribution in [3.63, 3.8) is 0 Å². The monoisotopic (exact) mass is 355 g/mol. The predicted octanol–water partition coefficient (Wildman–Crippen LogP) is 2.23. The first-order valence-electron chi connectivity index (χ1n) is 6.97. The van der Waals surface area contributed by atoms with E-state index < -0.39 is 0 Å². The molecule has 1 rings (SSSR count). The van der Waals surface area contributed by atoms with Gasteiger partial charge in [0.05, 0.1) is 13.1 Å². The molecule has 1 aromatic carbocycles. The van der Waals surface area contributed by atoms with E-state index in [0.717, 1.165) is 10.2 Å². The molecule has 0 aliphatic heterocycles. The number of halogens is 1. The molecule has 0 spiro atoms. The molecule has 2 N–H and O–H groups in total. The molecule has 0 unspecified atom stereocenters. The molecular weight excluding hydrogens is 334 g/mol. The summed E-state index contributed by atoms with van der Waals surface area (Å²) in [7, 11) is 0. The first-order valence-corrected chi connectivity index (χ1v) is 7.77. The van der Waals surface area contributed by atoms with Gasteiger partial charge in [-0.2, -0.15) is 0 Å². The zero-order chi connectivity index (χ0) is 15.8. The van der Waals surface area contributed by atoms with Crippen LogP contribution in [0.3, 0.4) is 0 Å². The molecule has 0 aliphatic carbocycles. The van der Waals surface area contributed by atoms with Crippen molar-refractivity contribution in [2.24, 2.45) is 0 Å². The van der Waals surface area contributed by atoms with Crippen LogP contribution >= 0.6 is 15.9 Å². The van der Waals surface area contributed by atoms with Crippen LogP contribution in [0.15, 0.2) is 28.7 Å². The predicted molar refractivity (Wildman–Crippen MR) is 88.2 cm³/mol. The Bertz CT molecular complexity index is 474. The van der Waals surface area contributed by atoms with Crippen molar-refractivity contribution in [2.45, 2.75) is 26.8 Å². The minimum absolute atomic E-state index is 0.0664. The van der Waals surface area contributed by atoms with Gasteiger partial charge >= 0.3 is 0 Å². The largest absolute Gasteiger partial charge is 0.353 e. The number of carbonyl (C=O) groups is 2. The van der Waals surface area contributed by atoms with Gasteiger partial charge in [0, 0.05) is 16.2 Å². The molecule has 1 aromatic rings. The molecule has 6 heteroatoms. The summed E-state index contributed by atoms with van der Waals surface area (Å²) in [6, 6.07) is 7.48. The summed E-state index contributed by atoms with van der Waals surface area (Å²) in [6.45, 7) is 6.80. The standard InChI is InChI=1S/C15H22BrN3O2/c1-4-19(9-14(20)17-11(2)3)10-15(21)18-13-7-5-12(16)6-8-13/h5-8,11H,4,9-10H2,1-3H3,(H,17,20)(H,18,21). The van der Waals surface area contributed by atoms with Gasteiger partial charge in [-0.05, 0) is 44.7 Å². The first-order chi connectivity index (χ1) is 9.90. The maximum absolute atomic E-state index is 12.0. The number of nitrogens with zero attached hydrogens (tertiary/aromatic N) is 1. The van der Waals surface area contributed by atoms with Crippen LogP contribution in [-0.4, -0.2) is 42.4 Å². The second-order valence-electron chi connectivity index (χ2n) is 5.08. The van der Waals surface area contributed by atoms with Crippen molar-refractivity contribution in [3.8, 4) is 0 Å². The third kappa shape index (κ3) is 7.24. The third-order valence-corrected chi connectivity index (χ3v) is 3.29. The normalized spacial score (nSPS) is 10.8. The molecular formula is C15H22BrN3O2. The van der Waals surface area contributed by atoms with Crippen LogP contribution < -0.4 is 10.6 Å². The number of likely N-dealkylation sites (N-methyl/N-ethyl adjacent to an activating group) is 1. The van der Waals surface area contributed by atoms with E-state index in [-0.39, 0.29) is 30.9 Å². The molecule has 0 aliphatic rings. The molecule has 21 heavy (non-hydrogen) atoms. The van der Waals surface area contributed by atoms with Crippen LogP contribution in [-0.2, 0) is 9.59 Å². The zero-order valence-electron chi connectivity index (χ0n) is 12.6. The topological polar surface area (TPSA) is 61.4 Å². The molecule has 0 atom stereocenters. The van der Waals surface area contributed by atoms with E-state index in [4.69, 9.17) is 0 Å². The van der Waals surface area contributed by atoms with Crippen LogP contribution in [0.5, 0.6) is 0 Å². The van der Waals surface area contributed by atoms with Gasteiger partial charge in [-0.15, -0.1) is 0 Å². The SMILES string of the molecule is CCN(CC(=O)Nc1ccc(Br)cc1)CC(=O)NC(C)C. The lowest BCUT2D eigenvalue weighted by atomic mass is 10.3. The molecule has 0 aromatic heterocycles. The van der Waals surface area contributed by atoms with Gasteiger partial charge < -0.3 is 10.6 Å². The van der Waals surface area contributed by atoms with Gasteiger partial charge in [-0.25, -0.2) is 0 Å². The highest BCUT2D eigenvalue weighted by molar-refractivity contribution is 9.10. The summed E-state index contributed by atoms with van der Waals surface area (Å²) in [6.07, 6.45) is 0. The molecule has 0 heterocycles. The summed E-state index contributed by atoms with van der Waals surface area (Å²) >= 11 is 3.34. The molecule has 0 saturated heterocycles. The second kappa shape index (κ2) is 8.79. The van der Waals surface area contributed by atoms with Gasteiger partial charge in [0.1, 0.15) is 0 Å². The Morgan fingerprint density at radius 2 is 1.71 bits per heavy atom. The van der Waals surface area contributed by atoms with Crippen molar-refractivity contribution in [3.05, 3.63) is 28.7 Å². The molecule has 0 bridgehead atoms. The number of hydrogen-bond acceptors (Lipinski definition) is 3. The van der Waals surface area contributed by atoms with E-state index >= 15 is 0 Å². The van der Waals surface area contributed by atoms with Crippen LogP contribution in [0.4, 0.5) is 5.69 Å². The van der Waals surface area contributed by atoms with Gasteiger partial charge in [0.25, 0.3) is 0 Å². The number of amides is 2. The van der Waals surface area contributed by atoms with E-state index in [9.17, 15) is 9.59 Å². The fourth-order valence-corrected chi connectivity index (χ4v) is 2.05. The molecule has 0 saturated carbocycles. The van der Waals surface area contributed by atoms with Crippen molar-refractivity contribution in [1.82, 2.24) is 10.2 Å². The number of anilines is 1. The van der Waals surface area contributed by atoms with Gasteiger partial charge in [-0.3, -0.25) is 14.5 Å². The molecule has 0 fully saturated rings. The number of benzene rings is 1. The first kappa shape index (κ1) is 17.7. The summed E-state index contributed by atoms with van der Waals surface area (Å²) in [4.78, 5) is 25.5. The minimum atomic E-state index is -0.128. The average molecular weight is 356 g/mol. The Morgan fingerprint density at radius 1 is 1.14 bits per heavy atom. The Hall–Kier alpha value is -1.40. The van der Waals surface area contributed by atoms with E-state index in [1.54, 1.807) is 4.90 Å². The van der Waals surface area contributed by atoms with Crippen molar-refractivity contribution in [1.29, 1.82) is 0 Å². The maximum Gasteiger partial charge on any atom is 0.238 e. The fraction of sp³-hybridized carbons (Fsp3) is 0.467. The summed E-state index contributed by atoms with van der Waals surface area (Å²) in [5.74, 6) is -0.195. The molecule has 116 valence electrons. The highest BCUT2D eigenvalue weighted by Crippen LogP contribution is 2.13. The molecule has 2 amide bonds. The van der Waals surface area contributed by atoms with Gasteiger partial charge in [-0.1, -0.05) is 22.9 Å². The van der Waals surface area contributed by atoms with E-state index in [1.165, 1.54) is 0 Å². The van der Waals surface area contributed by atoms with Crippen LogP contribution in [0, 0.1) is 0 Å². The summed E-state index contributed by atoms with van der Waals surface area (Å²) in [5.41, 5.74) is 0.742. The Balaban J connectivity index is 2.47. The maximum atomic E-state index is 12.0. The van der Waals surface area contributed by atoms with Crippen LogP contribution in [0.2, 0.25) is 0 Å². The van der Waals surface area contributed by atoms with Crippen molar-refractivity contribution in [2.75, 3.05) is 25.0 Å². The van der Waals surface area contributed by atoms with Crippen molar-refractivity contribution < 1.29 is 9.59 Å². The fourth-order valence-electron chi connectivity index (χ4n) is 1.79. The summed E-state index contributed by atoms with van der Waals surface area (Å²) in [5, 5.41) is 5.63. The van der Waals surface area contributed by atoms with Crippen LogP contribution in [0.1, 0.15) is 20.8 Å². The second-order valence-corrected chi connectivity index (χ2v) is 6.00. The Morgan fingerprint density at radius 3 is 2.24 bits per heavy atom. The highest BCUT2D eigenvalue weighted by atomic mass is 79.9. The number of nitrogens with one attached hydrogen (secondary N) is 2. The van der Waals surface area contributed by atoms with E-state index in [0.29, 0.717) is 6.54 Å². The lowest BCUT2D eigenvalue weighted by Gasteiger charge is -2.20. The highest BCUT2D eigenvalue weighted by Gasteiger charge is 2.13. The minimum Gasteiger partial charge on any atom is -0.353 e. The van der Waals surface area contributed by atoms with Gasteiger partial charge in [0.2, 0.25) is 11.8 Å². The van der Waals surface area contributed by atoms with E-state index in [2.05, 4.69) is 26.6 Å². The Kier molecular flexibility index (Phi) is 7.39. The molecule has 5 nitrogen and oxygen atoms in total. The number of carbonyl (C=O) groups excluding carboxylic acids is 2. The van der Waals surface area contributed by atoms with Crippen LogP contribution in [0.25, 0.3) is 0 Å². The average Bonchev–Trinajstić information content (AvgIpc) is 2.39. The van der Waals surface area contributed by atoms with Crippen molar-refractivity contribution >= 4 is 33.4 Å². The number of rotatable bonds is 7. The molecule has 0 radical (unpaired) electrons.